The minimum absolute atomic E-state index is 0.277. The molecule has 12 heavy (non-hydrogen) atoms. The van der Waals surface area contributed by atoms with Gasteiger partial charge in [-0.05, 0) is 18.4 Å². The topological polar surface area (TPSA) is 20.2 Å². The number of hydrogen-bond acceptors (Lipinski definition) is 2. The first kappa shape index (κ1) is 10.0. The highest BCUT2D eigenvalue weighted by atomic mass is 79.9. The third-order valence-corrected chi connectivity index (χ3v) is 3.03. The summed E-state index contributed by atoms with van der Waals surface area (Å²) in [5.74, 6) is -0.334. The van der Waals surface area contributed by atoms with Crippen LogP contribution in [0.4, 0.5) is 4.39 Å². The van der Waals surface area contributed by atoms with Crippen LogP contribution in [0.1, 0.15) is 5.56 Å². The van der Waals surface area contributed by atoms with Crippen molar-refractivity contribution in [3.05, 3.63) is 28.0 Å². The first-order valence-electron chi connectivity index (χ1n) is 3.32. The van der Waals surface area contributed by atoms with Crippen LogP contribution < -0.4 is 0 Å². The molecule has 1 rings (SSSR count). The Labute approximate surface area is 83.1 Å². The van der Waals surface area contributed by atoms with E-state index in [9.17, 15) is 4.39 Å². The van der Waals surface area contributed by atoms with E-state index in [1.165, 1.54) is 11.8 Å². The molecule has 4 heteroatoms. The van der Waals surface area contributed by atoms with Gasteiger partial charge in [0.15, 0.2) is 0 Å². The smallest absolute Gasteiger partial charge is 0.143 e. The maximum atomic E-state index is 13.3. The average Bonchev–Trinajstić information content (AvgIpc) is 2.06. The Morgan fingerprint density at radius 2 is 2.25 bits per heavy atom. The minimum atomic E-state index is -0.334. The third kappa shape index (κ3) is 1.81. The van der Waals surface area contributed by atoms with Gasteiger partial charge < -0.3 is 5.11 Å². The van der Waals surface area contributed by atoms with Crippen LogP contribution in [0.3, 0.4) is 0 Å². The fourth-order valence-corrected chi connectivity index (χ4v) is 1.82. The molecule has 0 saturated heterocycles. The predicted molar refractivity (Wildman–Crippen MR) is 51.8 cm³/mol. The van der Waals surface area contributed by atoms with E-state index >= 15 is 0 Å². The Morgan fingerprint density at radius 1 is 1.58 bits per heavy atom. The van der Waals surface area contributed by atoms with Crippen molar-refractivity contribution in [3.8, 4) is 0 Å². The van der Waals surface area contributed by atoms with Gasteiger partial charge in [0.05, 0.1) is 6.61 Å². The minimum Gasteiger partial charge on any atom is -0.392 e. The van der Waals surface area contributed by atoms with Crippen molar-refractivity contribution >= 4 is 27.7 Å². The number of aliphatic hydroxyl groups is 1. The highest BCUT2D eigenvalue weighted by Crippen LogP contribution is 2.27. The third-order valence-electron chi connectivity index (χ3n) is 1.53. The molecule has 0 aliphatic carbocycles. The Kier molecular flexibility index (Phi) is 3.55. The van der Waals surface area contributed by atoms with Gasteiger partial charge in [0.2, 0.25) is 0 Å². The molecular formula is C8H8BrFOS. The summed E-state index contributed by atoms with van der Waals surface area (Å²) in [5.41, 5.74) is 0.321. The van der Waals surface area contributed by atoms with Crippen LogP contribution in [0.5, 0.6) is 0 Å². The number of thioether (sulfide) groups is 1. The average molecular weight is 251 g/mol. The molecule has 0 saturated carbocycles. The molecule has 0 atom stereocenters. The lowest BCUT2D eigenvalue weighted by molar-refractivity contribution is 0.274. The van der Waals surface area contributed by atoms with Crippen molar-refractivity contribution in [2.24, 2.45) is 0 Å². The normalized spacial score (nSPS) is 10.3. The predicted octanol–water partition coefficient (Wildman–Crippen LogP) is 2.80. The van der Waals surface area contributed by atoms with E-state index in [4.69, 9.17) is 5.11 Å². The molecule has 0 amide bonds. The first-order valence-corrected chi connectivity index (χ1v) is 5.34. The SMILES string of the molecule is CSc1ccc(Br)c(CO)c1F. The lowest BCUT2D eigenvalue weighted by Crippen LogP contribution is -1.93. The maximum absolute atomic E-state index is 13.3. The van der Waals surface area contributed by atoms with Gasteiger partial charge in [-0.3, -0.25) is 0 Å². The van der Waals surface area contributed by atoms with Crippen LogP contribution in [0.25, 0.3) is 0 Å². The summed E-state index contributed by atoms with van der Waals surface area (Å²) >= 11 is 4.49. The van der Waals surface area contributed by atoms with E-state index in [1.54, 1.807) is 18.4 Å². The Hall–Kier alpha value is -0.0600. The molecule has 0 spiro atoms. The van der Waals surface area contributed by atoms with Gasteiger partial charge in [-0.15, -0.1) is 11.8 Å². The summed E-state index contributed by atoms with van der Waals surface area (Å²) < 4.78 is 13.9. The van der Waals surface area contributed by atoms with Crippen molar-refractivity contribution in [2.45, 2.75) is 11.5 Å². The fraction of sp³-hybridized carbons (Fsp3) is 0.250. The molecule has 1 nitrogen and oxygen atoms in total. The molecule has 0 radical (unpaired) electrons. The Morgan fingerprint density at radius 3 is 2.75 bits per heavy atom. The number of rotatable bonds is 2. The van der Waals surface area contributed by atoms with E-state index in [-0.39, 0.29) is 12.4 Å². The zero-order valence-electron chi connectivity index (χ0n) is 6.47. The molecule has 0 aliphatic rings. The molecule has 66 valence electrons. The van der Waals surface area contributed by atoms with Gasteiger partial charge in [0.25, 0.3) is 0 Å². The van der Waals surface area contributed by atoms with Gasteiger partial charge in [0.1, 0.15) is 5.82 Å². The fourth-order valence-electron chi connectivity index (χ4n) is 0.879. The van der Waals surface area contributed by atoms with Crippen LogP contribution in [0.2, 0.25) is 0 Å². The summed E-state index contributed by atoms with van der Waals surface area (Å²) in [5, 5.41) is 8.84. The number of hydrogen-bond donors (Lipinski definition) is 1. The van der Waals surface area contributed by atoms with Crippen molar-refractivity contribution in [1.29, 1.82) is 0 Å². The molecule has 0 unspecified atom stereocenters. The molecule has 1 aromatic rings. The highest BCUT2D eigenvalue weighted by Gasteiger charge is 2.09. The van der Waals surface area contributed by atoms with Gasteiger partial charge in [-0.1, -0.05) is 15.9 Å². The molecule has 0 bridgehead atoms. The number of aliphatic hydroxyl groups excluding tert-OH is 1. The largest absolute Gasteiger partial charge is 0.392 e. The second-order valence-electron chi connectivity index (χ2n) is 2.20. The van der Waals surface area contributed by atoms with Gasteiger partial charge in [0, 0.05) is 14.9 Å². The molecule has 0 heterocycles. The second kappa shape index (κ2) is 4.25. The number of halogens is 2. The van der Waals surface area contributed by atoms with Crippen LogP contribution in [0, 0.1) is 5.82 Å². The van der Waals surface area contributed by atoms with Crippen molar-refractivity contribution in [3.63, 3.8) is 0 Å². The monoisotopic (exact) mass is 250 g/mol. The van der Waals surface area contributed by atoms with Crippen LogP contribution in [-0.4, -0.2) is 11.4 Å². The van der Waals surface area contributed by atoms with Crippen LogP contribution in [-0.2, 0) is 6.61 Å². The zero-order valence-corrected chi connectivity index (χ0v) is 8.88. The summed E-state index contributed by atoms with van der Waals surface area (Å²) in [4.78, 5) is 0.558. The van der Waals surface area contributed by atoms with Crippen molar-refractivity contribution in [1.82, 2.24) is 0 Å². The van der Waals surface area contributed by atoms with Gasteiger partial charge >= 0.3 is 0 Å². The Bertz CT molecular complexity index is 291. The lowest BCUT2D eigenvalue weighted by Gasteiger charge is -2.05. The van der Waals surface area contributed by atoms with Crippen LogP contribution in [0.15, 0.2) is 21.5 Å². The number of benzene rings is 1. The molecule has 0 aliphatic heterocycles. The van der Waals surface area contributed by atoms with E-state index in [0.29, 0.717) is 14.9 Å². The molecular weight excluding hydrogens is 243 g/mol. The maximum Gasteiger partial charge on any atom is 0.143 e. The van der Waals surface area contributed by atoms with Crippen molar-refractivity contribution in [2.75, 3.05) is 6.26 Å². The standard InChI is InChI=1S/C8H8BrFOS/c1-12-7-3-2-6(9)5(4-11)8(7)10/h2-3,11H,4H2,1H3. The van der Waals surface area contributed by atoms with Crippen molar-refractivity contribution < 1.29 is 9.50 Å². The first-order chi connectivity index (χ1) is 5.70. The molecule has 1 N–H and O–H groups in total. The van der Waals surface area contributed by atoms with E-state index < -0.39 is 0 Å². The lowest BCUT2D eigenvalue weighted by atomic mass is 10.2. The molecule has 0 fully saturated rings. The van der Waals surface area contributed by atoms with E-state index in [2.05, 4.69) is 15.9 Å². The summed E-state index contributed by atoms with van der Waals surface area (Å²) in [6, 6.07) is 3.42. The Balaban J connectivity index is 3.24. The second-order valence-corrected chi connectivity index (χ2v) is 3.90. The summed E-state index contributed by atoms with van der Waals surface area (Å²) in [6.07, 6.45) is 1.80. The summed E-state index contributed by atoms with van der Waals surface area (Å²) in [7, 11) is 0. The highest BCUT2D eigenvalue weighted by molar-refractivity contribution is 9.10. The van der Waals surface area contributed by atoms with Gasteiger partial charge in [-0.2, -0.15) is 0 Å². The van der Waals surface area contributed by atoms with Gasteiger partial charge in [-0.25, -0.2) is 4.39 Å². The van der Waals surface area contributed by atoms with Crippen LogP contribution >= 0.6 is 27.7 Å². The zero-order chi connectivity index (χ0) is 9.14. The summed E-state index contributed by atoms with van der Waals surface area (Å²) in [6.45, 7) is -0.277. The quantitative estimate of drug-likeness (QED) is 0.815. The molecule has 0 aromatic heterocycles. The van der Waals surface area contributed by atoms with E-state index in [1.807, 2.05) is 0 Å². The van der Waals surface area contributed by atoms with E-state index in [0.717, 1.165) is 0 Å². The molecule has 1 aromatic carbocycles.